The maximum absolute atomic E-state index is 13.2. The Morgan fingerprint density at radius 3 is 2.83 bits per heavy atom. The highest BCUT2D eigenvalue weighted by atomic mass is 19.1. The van der Waals surface area contributed by atoms with Gasteiger partial charge in [-0.1, -0.05) is 12.1 Å². The van der Waals surface area contributed by atoms with E-state index in [1.165, 1.54) is 18.2 Å². The van der Waals surface area contributed by atoms with E-state index in [0.717, 1.165) is 0 Å². The molecule has 114 valence electrons. The molecule has 0 aromatic heterocycles. The standard InChI is InChI=1S/C17H10FNO4/c18-12-3-1-2-10(6-12)7-13-17(20)23-16(19-13)11-4-5-14-15(8-11)22-9-21-14/h1-8H,9H2/b13-7-. The number of hydrogen-bond acceptors (Lipinski definition) is 5. The number of fused-ring (bicyclic) bond motifs is 1. The minimum atomic E-state index is -0.582. The van der Waals surface area contributed by atoms with Crippen molar-refractivity contribution < 1.29 is 23.4 Å². The number of carbonyl (C=O) groups excluding carboxylic acids is 1. The summed E-state index contributed by atoms with van der Waals surface area (Å²) >= 11 is 0. The molecule has 0 saturated heterocycles. The third kappa shape index (κ3) is 2.55. The fourth-order valence-electron chi connectivity index (χ4n) is 2.32. The zero-order valence-corrected chi connectivity index (χ0v) is 11.8. The van der Waals surface area contributed by atoms with E-state index in [1.807, 2.05) is 0 Å². The zero-order valence-electron chi connectivity index (χ0n) is 11.8. The molecule has 0 saturated carbocycles. The number of carbonyl (C=O) groups is 1. The van der Waals surface area contributed by atoms with Crippen LogP contribution in [0.5, 0.6) is 11.5 Å². The predicted molar refractivity (Wildman–Crippen MR) is 79.6 cm³/mol. The van der Waals surface area contributed by atoms with E-state index in [2.05, 4.69) is 4.99 Å². The molecule has 23 heavy (non-hydrogen) atoms. The Morgan fingerprint density at radius 2 is 1.96 bits per heavy atom. The van der Waals surface area contributed by atoms with E-state index in [4.69, 9.17) is 14.2 Å². The van der Waals surface area contributed by atoms with E-state index < -0.39 is 5.97 Å². The van der Waals surface area contributed by atoms with Gasteiger partial charge in [-0.15, -0.1) is 0 Å². The van der Waals surface area contributed by atoms with Gasteiger partial charge in [-0.3, -0.25) is 0 Å². The molecule has 0 aliphatic carbocycles. The molecule has 0 unspecified atom stereocenters. The summed E-state index contributed by atoms with van der Waals surface area (Å²) in [5, 5.41) is 0. The second-order valence-corrected chi connectivity index (χ2v) is 4.96. The summed E-state index contributed by atoms with van der Waals surface area (Å²) in [7, 11) is 0. The van der Waals surface area contributed by atoms with Crippen LogP contribution in [0.2, 0.25) is 0 Å². The average molecular weight is 311 g/mol. The van der Waals surface area contributed by atoms with Crippen LogP contribution in [-0.2, 0) is 9.53 Å². The van der Waals surface area contributed by atoms with Gasteiger partial charge in [0.05, 0.1) is 0 Å². The first-order valence-electron chi connectivity index (χ1n) is 6.87. The van der Waals surface area contributed by atoms with Gasteiger partial charge in [-0.05, 0) is 42.0 Å². The third-order valence-electron chi connectivity index (χ3n) is 3.39. The Morgan fingerprint density at radius 1 is 1.09 bits per heavy atom. The Balaban J connectivity index is 1.67. The first-order valence-corrected chi connectivity index (χ1v) is 6.87. The summed E-state index contributed by atoms with van der Waals surface area (Å²) in [4.78, 5) is 16.1. The van der Waals surface area contributed by atoms with Gasteiger partial charge < -0.3 is 14.2 Å². The largest absolute Gasteiger partial charge is 0.454 e. The van der Waals surface area contributed by atoms with Crippen molar-refractivity contribution in [2.75, 3.05) is 6.79 Å². The molecule has 5 nitrogen and oxygen atoms in total. The summed E-state index contributed by atoms with van der Waals surface area (Å²) in [5.74, 6) is 0.418. The maximum Gasteiger partial charge on any atom is 0.363 e. The van der Waals surface area contributed by atoms with Gasteiger partial charge in [0.15, 0.2) is 17.2 Å². The molecule has 4 rings (SSSR count). The topological polar surface area (TPSA) is 57.1 Å². The lowest BCUT2D eigenvalue weighted by atomic mass is 10.2. The quantitative estimate of drug-likeness (QED) is 0.632. The molecule has 2 aromatic rings. The lowest BCUT2D eigenvalue weighted by Crippen LogP contribution is -2.05. The molecule has 0 amide bonds. The summed E-state index contributed by atoms with van der Waals surface area (Å²) in [5.41, 5.74) is 1.25. The normalized spacial score (nSPS) is 17.3. The molecule has 0 radical (unpaired) electrons. The van der Waals surface area contributed by atoms with Gasteiger partial charge in [0, 0.05) is 5.56 Å². The van der Waals surface area contributed by atoms with Gasteiger partial charge in [0.25, 0.3) is 0 Å². The van der Waals surface area contributed by atoms with Crippen molar-refractivity contribution in [3.8, 4) is 11.5 Å². The van der Waals surface area contributed by atoms with E-state index >= 15 is 0 Å². The third-order valence-corrected chi connectivity index (χ3v) is 3.39. The van der Waals surface area contributed by atoms with Gasteiger partial charge in [0.1, 0.15) is 5.82 Å². The van der Waals surface area contributed by atoms with Crippen LogP contribution in [0.25, 0.3) is 6.08 Å². The van der Waals surface area contributed by atoms with Crippen molar-refractivity contribution in [3.63, 3.8) is 0 Å². The van der Waals surface area contributed by atoms with Crippen LogP contribution in [0.3, 0.4) is 0 Å². The monoisotopic (exact) mass is 311 g/mol. The molecule has 0 atom stereocenters. The summed E-state index contributed by atoms with van der Waals surface area (Å²) in [6.07, 6.45) is 1.48. The van der Waals surface area contributed by atoms with Gasteiger partial charge in [-0.2, -0.15) is 0 Å². The molecule has 2 aliphatic rings. The first kappa shape index (κ1) is 13.5. The number of nitrogens with zero attached hydrogens (tertiary/aromatic N) is 1. The van der Waals surface area contributed by atoms with Crippen LogP contribution >= 0.6 is 0 Å². The number of aliphatic imine (C=N–C) groups is 1. The smallest absolute Gasteiger partial charge is 0.363 e. The first-order chi connectivity index (χ1) is 11.2. The minimum absolute atomic E-state index is 0.114. The molecule has 2 aliphatic heterocycles. The zero-order chi connectivity index (χ0) is 15.8. The Labute approximate surface area is 130 Å². The van der Waals surface area contributed by atoms with Crippen LogP contribution < -0.4 is 9.47 Å². The van der Waals surface area contributed by atoms with E-state index in [9.17, 15) is 9.18 Å². The fourth-order valence-corrected chi connectivity index (χ4v) is 2.32. The highest BCUT2D eigenvalue weighted by Gasteiger charge is 2.25. The van der Waals surface area contributed by atoms with Crippen molar-refractivity contribution in [1.29, 1.82) is 0 Å². The second kappa shape index (κ2) is 5.24. The van der Waals surface area contributed by atoms with Gasteiger partial charge >= 0.3 is 5.97 Å². The Bertz CT molecular complexity index is 873. The molecule has 2 heterocycles. The van der Waals surface area contributed by atoms with Crippen molar-refractivity contribution in [3.05, 3.63) is 65.1 Å². The lowest BCUT2D eigenvalue weighted by molar-refractivity contribution is -0.129. The number of esters is 1. The maximum atomic E-state index is 13.2. The average Bonchev–Trinajstić information content (AvgIpc) is 3.14. The number of benzene rings is 2. The minimum Gasteiger partial charge on any atom is -0.454 e. The van der Waals surface area contributed by atoms with Crippen LogP contribution in [-0.4, -0.2) is 18.7 Å². The van der Waals surface area contributed by atoms with Crippen LogP contribution in [0.4, 0.5) is 4.39 Å². The van der Waals surface area contributed by atoms with Crippen molar-refractivity contribution >= 4 is 17.9 Å². The second-order valence-electron chi connectivity index (χ2n) is 4.96. The summed E-state index contributed by atoms with van der Waals surface area (Å²) < 4.78 is 28.9. The number of rotatable bonds is 2. The van der Waals surface area contributed by atoms with Crippen LogP contribution in [0, 0.1) is 5.82 Å². The highest BCUT2D eigenvalue weighted by molar-refractivity contribution is 6.13. The molecule has 2 aromatic carbocycles. The van der Waals surface area contributed by atoms with Crippen molar-refractivity contribution in [2.24, 2.45) is 4.99 Å². The van der Waals surface area contributed by atoms with Crippen LogP contribution in [0.1, 0.15) is 11.1 Å². The summed E-state index contributed by atoms with van der Waals surface area (Å²) in [6.45, 7) is 0.162. The van der Waals surface area contributed by atoms with E-state index in [0.29, 0.717) is 22.6 Å². The number of halogens is 1. The van der Waals surface area contributed by atoms with E-state index in [-0.39, 0.29) is 24.2 Å². The Hall–Kier alpha value is -3.15. The van der Waals surface area contributed by atoms with E-state index in [1.54, 1.807) is 30.3 Å². The highest BCUT2D eigenvalue weighted by Crippen LogP contribution is 2.33. The SMILES string of the molecule is O=C1OC(c2ccc3c(c2)OCO3)=N/C1=C\c1cccc(F)c1. The van der Waals surface area contributed by atoms with Gasteiger partial charge in [0.2, 0.25) is 12.7 Å². The molecule has 0 spiro atoms. The van der Waals surface area contributed by atoms with Crippen molar-refractivity contribution in [1.82, 2.24) is 0 Å². The summed E-state index contributed by atoms with van der Waals surface area (Å²) in [6, 6.07) is 11.0. The number of ether oxygens (including phenoxy) is 3. The molecular formula is C17H10FNO4. The van der Waals surface area contributed by atoms with Crippen LogP contribution in [0.15, 0.2) is 53.2 Å². The Kier molecular flexibility index (Phi) is 3.08. The molecule has 0 N–H and O–H groups in total. The molecule has 0 bridgehead atoms. The number of cyclic esters (lactones) is 1. The molecule has 0 fully saturated rings. The number of hydrogen-bond donors (Lipinski definition) is 0. The van der Waals surface area contributed by atoms with Crippen molar-refractivity contribution in [2.45, 2.75) is 0 Å². The fraction of sp³-hybridized carbons (Fsp3) is 0.0588. The predicted octanol–water partition coefficient (Wildman–Crippen LogP) is 2.90. The van der Waals surface area contributed by atoms with Gasteiger partial charge in [-0.25, -0.2) is 14.2 Å². The lowest BCUT2D eigenvalue weighted by Gasteiger charge is -2.01. The molecular weight excluding hydrogens is 301 g/mol. The molecule has 6 heteroatoms.